The summed E-state index contributed by atoms with van der Waals surface area (Å²) < 4.78 is 6.50. The van der Waals surface area contributed by atoms with Crippen LogP contribution in [0.3, 0.4) is 0 Å². The third-order valence-corrected chi connectivity index (χ3v) is 2.86. The molecule has 106 valence electrons. The monoisotopic (exact) mass is 267 g/mol. The number of rotatable bonds is 8. The van der Waals surface area contributed by atoms with Crippen LogP contribution in [0.2, 0.25) is 0 Å². The van der Waals surface area contributed by atoms with Crippen molar-refractivity contribution in [3.63, 3.8) is 0 Å². The number of carbonyl (C=O) groups excluding carboxylic acids is 2. The molecule has 0 saturated heterocycles. The van der Waals surface area contributed by atoms with Gasteiger partial charge in [-0.1, -0.05) is 31.4 Å². The minimum atomic E-state index is -0.348. The van der Waals surface area contributed by atoms with Crippen molar-refractivity contribution in [1.29, 1.82) is 0 Å². The van der Waals surface area contributed by atoms with Gasteiger partial charge < -0.3 is 4.74 Å². The summed E-state index contributed by atoms with van der Waals surface area (Å²) in [5, 5.41) is 7.52. The van der Waals surface area contributed by atoms with Crippen LogP contribution >= 0.6 is 0 Å². The maximum atomic E-state index is 11.6. The van der Waals surface area contributed by atoms with Gasteiger partial charge in [0.2, 0.25) is 0 Å². The van der Waals surface area contributed by atoms with Crippen LogP contribution in [-0.4, -0.2) is 33.4 Å². The van der Waals surface area contributed by atoms with E-state index in [1.54, 1.807) is 6.92 Å². The van der Waals surface area contributed by atoms with Crippen molar-refractivity contribution in [2.45, 2.75) is 53.0 Å². The Balaban J connectivity index is 2.38. The molecule has 1 heterocycles. The van der Waals surface area contributed by atoms with Gasteiger partial charge in [-0.15, -0.1) is 5.10 Å². The fraction of sp³-hybridized carbons (Fsp3) is 0.692. The molecule has 0 fully saturated rings. The molecule has 0 radical (unpaired) electrons. The summed E-state index contributed by atoms with van der Waals surface area (Å²) in [5.41, 5.74) is 0.895. The molecule has 0 saturated carbocycles. The van der Waals surface area contributed by atoms with Crippen LogP contribution in [0.5, 0.6) is 0 Å². The molecule has 0 N–H and O–H groups in total. The molecule has 1 aromatic rings. The van der Waals surface area contributed by atoms with Crippen molar-refractivity contribution < 1.29 is 14.3 Å². The zero-order valence-corrected chi connectivity index (χ0v) is 11.8. The van der Waals surface area contributed by atoms with Gasteiger partial charge in [0.1, 0.15) is 6.54 Å². The number of unbranched alkanes of at least 4 members (excludes halogenated alkanes) is 3. The fourth-order valence-electron chi connectivity index (χ4n) is 1.72. The molecule has 0 aromatic carbocycles. The first-order chi connectivity index (χ1) is 9.06. The van der Waals surface area contributed by atoms with Crippen LogP contribution in [0.15, 0.2) is 0 Å². The summed E-state index contributed by atoms with van der Waals surface area (Å²) in [6.45, 7) is 5.71. The Morgan fingerprint density at radius 2 is 2.00 bits per heavy atom. The van der Waals surface area contributed by atoms with Gasteiger partial charge >= 0.3 is 5.97 Å². The second-order valence-corrected chi connectivity index (χ2v) is 4.52. The number of esters is 1. The molecule has 6 nitrogen and oxygen atoms in total. The zero-order chi connectivity index (χ0) is 14.3. The average molecular weight is 267 g/mol. The van der Waals surface area contributed by atoms with Gasteiger partial charge in [0.15, 0.2) is 11.5 Å². The number of ketones is 1. The molecule has 0 amide bonds. The standard InChI is InChI=1S/C13H21N3O3/c1-4-5-6-7-8-19-12(18)9-16-10(2)13(11(3)17)14-15-16/h4-9H2,1-3H3. The van der Waals surface area contributed by atoms with Crippen molar-refractivity contribution in [3.05, 3.63) is 11.4 Å². The van der Waals surface area contributed by atoms with E-state index in [1.165, 1.54) is 11.6 Å². The molecule has 1 aromatic heterocycles. The first-order valence-corrected chi connectivity index (χ1v) is 6.63. The summed E-state index contributed by atoms with van der Waals surface area (Å²) in [6, 6.07) is 0. The molecule has 0 bridgehead atoms. The number of carbonyl (C=O) groups is 2. The number of nitrogens with zero attached hydrogens (tertiary/aromatic N) is 3. The molecule has 19 heavy (non-hydrogen) atoms. The lowest BCUT2D eigenvalue weighted by atomic mass is 10.2. The molecular formula is C13H21N3O3. The summed E-state index contributed by atoms with van der Waals surface area (Å²) >= 11 is 0. The maximum Gasteiger partial charge on any atom is 0.327 e. The second kappa shape index (κ2) is 7.66. The van der Waals surface area contributed by atoms with E-state index < -0.39 is 0 Å². The van der Waals surface area contributed by atoms with E-state index >= 15 is 0 Å². The first kappa shape index (κ1) is 15.3. The highest BCUT2D eigenvalue weighted by Crippen LogP contribution is 2.05. The lowest BCUT2D eigenvalue weighted by Gasteiger charge is -2.05. The largest absolute Gasteiger partial charge is 0.464 e. The summed E-state index contributed by atoms with van der Waals surface area (Å²) in [4.78, 5) is 22.8. The quantitative estimate of drug-likeness (QED) is 0.408. The lowest BCUT2D eigenvalue weighted by Crippen LogP contribution is -2.16. The molecule has 6 heteroatoms. The number of Topliss-reactive ketones (excluding diaryl/α,β-unsaturated/α-hetero) is 1. The van der Waals surface area contributed by atoms with Crippen LogP contribution in [0.4, 0.5) is 0 Å². The lowest BCUT2D eigenvalue weighted by molar-refractivity contribution is -0.144. The Hall–Kier alpha value is -1.72. The minimum absolute atomic E-state index is 0.000108. The average Bonchev–Trinajstić information content (AvgIpc) is 2.71. The highest BCUT2D eigenvalue weighted by atomic mass is 16.5. The number of ether oxygens (including phenoxy) is 1. The zero-order valence-electron chi connectivity index (χ0n) is 11.8. The van der Waals surface area contributed by atoms with E-state index in [-0.39, 0.29) is 18.3 Å². The Kier molecular flexibility index (Phi) is 6.18. The minimum Gasteiger partial charge on any atom is -0.464 e. The molecule has 0 aliphatic rings. The Morgan fingerprint density at radius 1 is 1.26 bits per heavy atom. The van der Waals surface area contributed by atoms with Gasteiger partial charge in [-0.3, -0.25) is 9.59 Å². The third-order valence-electron chi connectivity index (χ3n) is 2.86. The van der Waals surface area contributed by atoms with Crippen LogP contribution < -0.4 is 0 Å². The number of hydrogen-bond acceptors (Lipinski definition) is 5. The molecule has 0 unspecified atom stereocenters. The molecule has 0 spiro atoms. The van der Waals surface area contributed by atoms with Crippen molar-refractivity contribution in [2.24, 2.45) is 0 Å². The smallest absolute Gasteiger partial charge is 0.327 e. The first-order valence-electron chi connectivity index (χ1n) is 6.63. The summed E-state index contributed by atoms with van der Waals surface area (Å²) in [6.07, 6.45) is 4.26. The van der Waals surface area contributed by atoms with E-state index in [4.69, 9.17) is 4.74 Å². The predicted molar refractivity (Wildman–Crippen MR) is 69.9 cm³/mol. The summed E-state index contributed by atoms with van der Waals surface area (Å²) in [7, 11) is 0. The van der Waals surface area contributed by atoms with Crippen LogP contribution in [0, 0.1) is 6.92 Å². The van der Waals surface area contributed by atoms with Gasteiger partial charge in [-0.05, 0) is 13.3 Å². The normalized spacial score (nSPS) is 10.5. The van der Waals surface area contributed by atoms with Gasteiger partial charge in [0, 0.05) is 6.92 Å². The molecular weight excluding hydrogens is 246 g/mol. The van der Waals surface area contributed by atoms with Gasteiger partial charge in [-0.2, -0.15) is 0 Å². The Bertz CT molecular complexity index is 440. The summed E-state index contributed by atoms with van der Waals surface area (Å²) in [5.74, 6) is -0.503. The van der Waals surface area contributed by atoms with Crippen molar-refractivity contribution in [1.82, 2.24) is 15.0 Å². The molecule has 0 aliphatic carbocycles. The Labute approximate surface area is 113 Å². The van der Waals surface area contributed by atoms with Crippen molar-refractivity contribution in [3.8, 4) is 0 Å². The van der Waals surface area contributed by atoms with Crippen LogP contribution in [0.1, 0.15) is 55.7 Å². The predicted octanol–water partition coefficient (Wildman–Crippen LogP) is 1.91. The van der Waals surface area contributed by atoms with E-state index in [1.807, 2.05) is 0 Å². The fourth-order valence-corrected chi connectivity index (χ4v) is 1.72. The van der Waals surface area contributed by atoms with Gasteiger partial charge in [-0.25, -0.2) is 4.68 Å². The highest BCUT2D eigenvalue weighted by molar-refractivity contribution is 5.93. The molecule has 1 rings (SSSR count). The van der Waals surface area contributed by atoms with Crippen LogP contribution in [0.25, 0.3) is 0 Å². The van der Waals surface area contributed by atoms with Gasteiger partial charge in [0.05, 0.1) is 12.3 Å². The van der Waals surface area contributed by atoms with E-state index in [0.717, 1.165) is 25.7 Å². The molecule has 0 atom stereocenters. The highest BCUT2D eigenvalue weighted by Gasteiger charge is 2.14. The van der Waals surface area contributed by atoms with Crippen LogP contribution in [-0.2, 0) is 16.1 Å². The van der Waals surface area contributed by atoms with E-state index in [2.05, 4.69) is 17.2 Å². The second-order valence-electron chi connectivity index (χ2n) is 4.52. The van der Waals surface area contributed by atoms with E-state index in [0.29, 0.717) is 18.0 Å². The van der Waals surface area contributed by atoms with Gasteiger partial charge in [0.25, 0.3) is 0 Å². The van der Waals surface area contributed by atoms with Crippen molar-refractivity contribution >= 4 is 11.8 Å². The van der Waals surface area contributed by atoms with Crippen molar-refractivity contribution in [2.75, 3.05) is 6.61 Å². The number of hydrogen-bond donors (Lipinski definition) is 0. The maximum absolute atomic E-state index is 11.6. The Morgan fingerprint density at radius 3 is 2.58 bits per heavy atom. The third kappa shape index (κ3) is 4.81. The topological polar surface area (TPSA) is 74.1 Å². The van der Waals surface area contributed by atoms with E-state index in [9.17, 15) is 9.59 Å². The molecule has 0 aliphatic heterocycles. The number of aromatic nitrogens is 3. The SMILES string of the molecule is CCCCCCOC(=O)Cn1nnc(C(C)=O)c1C.